The van der Waals surface area contributed by atoms with E-state index in [4.69, 9.17) is 9.57 Å². The molecule has 0 heterocycles. The summed E-state index contributed by atoms with van der Waals surface area (Å²) in [5.74, 6) is -1.94. The van der Waals surface area contributed by atoms with Crippen LogP contribution in [-0.2, 0) is 11.3 Å². The third-order valence-electron chi connectivity index (χ3n) is 5.07. The summed E-state index contributed by atoms with van der Waals surface area (Å²) in [6.07, 6.45) is 1.31. The lowest BCUT2D eigenvalue weighted by molar-refractivity contribution is 0.0514. The highest BCUT2D eigenvalue weighted by Crippen LogP contribution is 2.29. The Morgan fingerprint density at radius 1 is 0.875 bits per heavy atom. The van der Waals surface area contributed by atoms with Crippen molar-refractivity contribution in [2.45, 2.75) is 19.8 Å². The molecule has 1 atom stereocenters. The van der Waals surface area contributed by atoms with Crippen molar-refractivity contribution in [2.75, 3.05) is 0 Å². The molecule has 162 valence electrons. The molecule has 0 aromatic heterocycles. The van der Waals surface area contributed by atoms with Gasteiger partial charge in [-0.1, -0.05) is 24.2 Å². The largest absolute Gasteiger partial charge is 0.423 e. The van der Waals surface area contributed by atoms with E-state index in [1.807, 2.05) is 6.92 Å². The highest BCUT2D eigenvalue weighted by molar-refractivity contribution is 6.03. The third kappa shape index (κ3) is 4.88. The lowest BCUT2D eigenvalue weighted by Crippen LogP contribution is -2.20. The number of esters is 1. The van der Waals surface area contributed by atoms with Crippen molar-refractivity contribution < 1.29 is 27.9 Å². The Kier molecular flexibility index (Phi) is 6.07. The molecule has 0 spiro atoms. The fraction of sp³-hybridized carbons (Fsp3) is 0.160. The first-order valence-corrected chi connectivity index (χ1v) is 10.0. The van der Waals surface area contributed by atoms with Gasteiger partial charge in [-0.2, -0.15) is 0 Å². The van der Waals surface area contributed by atoms with Gasteiger partial charge in [0.05, 0.1) is 16.8 Å². The monoisotopic (exact) mass is 435 g/mol. The van der Waals surface area contributed by atoms with E-state index >= 15 is 0 Å². The molecule has 4 rings (SSSR count). The third-order valence-corrected chi connectivity index (χ3v) is 5.07. The normalized spacial score (nSPS) is 16.3. The number of benzene rings is 3. The van der Waals surface area contributed by atoms with Crippen molar-refractivity contribution in [1.82, 2.24) is 0 Å². The number of oxime groups is 1. The molecule has 0 saturated heterocycles. The van der Waals surface area contributed by atoms with E-state index in [1.54, 1.807) is 18.2 Å². The number of hydrogen-bond acceptors (Lipinski definition) is 5. The molecule has 0 saturated carbocycles. The number of hydrogen-bond donors (Lipinski definition) is 0. The van der Waals surface area contributed by atoms with Crippen LogP contribution in [-0.4, -0.2) is 17.7 Å². The standard InChI is InChI=1S/C25H19F2NO4/c1-15-10-18-14-21(31-24(29)16-4-2-6-19(26)12-16)8-9-22(18)23(11-15)28-32-25(30)17-5-3-7-20(27)13-17/h2-9,12-15H,10-11H2,1H3/b28-23+. The summed E-state index contributed by atoms with van der Waals surface area (Å²) in [6, 6.07) is 15.5. The van der Waals surface area contributed by atoms with Gasteiger partial charge in [-0.05, 0) is 78.9 Å². The molecule has 0 bridgehead atoms. The predicted molar refractivity (Wildman–Crippen MR) is 114 cm³/mol. The Bertz CT molecular complexity index is 1220. The summed E-state index contributed by atoms with van der Waals surface area (Å²) in [7, 11) is 0. The molecule has 0 N–H and O–H groups in total. The number of halogens is 2. The van der Waals surface area contributed by atoms with Gasteiger partial charge in [0.1, 0.15) is 17.4 Å². The van der Waals surface area contributed by atoms with Crippen LogP contribution in [0.15, 0.2) is 71.9 Å². The predicted octanol–water partition coefficient (Wildman–Crippen LogP) is 5.33. The van der Waals surface area contributed by atoms with Crippen molar-refractivity contribution >= 4 is 17.7 Å². The molecule has 0 radical (unpaired) electrons. The Balaban J connectivity index is 1.53. The van der Waals surface area contributed by atoms with E-state index in [2.05, 4.69) is 5.16 Å². The number of carbonyl (C=O) groups excluding carboxylic acids is 2. The highest BCUT2D eigenvalue weighted by atomic mass is 19.1. The van der Waals surface area contributed by atoms with E-state index in [0.29, 0.717) is 17.9 Å². The molecule has 32 heavy (non-hydrogen) atoms. The highest BCUT2D eigenvalue weighted by Gasteiger charge is 2.23. The minimum Gasteiger partial charge on any atom is -0.423 e. The topological polar surface area (TPSA) is 65.0 Å². The molecule has 0 aliphatic heterocycles. The lowest BCUT2D eigenvalue weighted by atomic mass is 9.83. The number of carbonyl (C=O) groups is 2. The van der Waals surface area contributed by atoms with Gasteiger partial charge in [0.15, 0.2) is 0 Å². The number of rotatable bonds is 4. The average molecular weight is 435 g/mol. The first-order valence-electron chi connectivity index (χ1n) is 10.0. The summed E-state index contributed by atoms with van der Waals surface area (Å²) < 4.78 is 32.1. The summed E-state index contributed by atoms with van der Waals surface area (Å²) >= 11 is 0. The van der Waals surface area contributed by atoms with Crippen LogP contribution in [0.1, 0.15) is 45.2 Å². The minimum atomic E-state index is -0.752. The van der Waals surface area contributed by atoms with Crippen LogP contribution in [0, 0.1) is 17.6 Å². The van der Waals surface area contributed by atoms with Crippen molar-refractivity contribution in [3.63, 3.8) is 0 Å². The molecular formula is C25H19F2NO4. The summed E-state index contributed by atoms with van der Waals surface area (Å²) in [5, 5.41) is 4.02. The molecule has 0 fully saturated rings. The second-order valence-corrected chi connectivity index (χ2v) is 7.66. The molecule has 3 aromatic carbocycles. The first-order chi connectivity index (χ1) is 15.4. The van der Waals surface area contributed by atoms with Gasteiger partial charge in [-0.3, -0.25) is 0 Å². The van der Waals surface area contributed by atoms with Crippen molar-refractivity contribution in [2.24, 2.45) is 11.1 Å². The maximum Gasteiger partial charge on any atom is 0.365 e. The van der Waals surface area contributed by atoms with Gasteiger partial charge in [-0.15, -0.1) is 0 Å². The van der Waals surface area contributed by atoms with Gasteiger partial charge in [0, 0.05) is 5.56 Å². The van der Waals surface area contributed by atoms with Gasteiger partial charge >= 0.3 is 11.9 Å². The molecule has 1 unspecified atom stereocenters. The van der Waals surface area contributed by atoms with E-state index in [0.717, 1.165) is 29.7 Å². The van der Waals surface area contributed by atoms with Crippen LogP contribution in [0.2, 0.25) is 0 Å². The molecule has 0 amide bonds. The fourth-order valence-corrected chi connectivity index (χ4v) is 3.60. The SMILES string of the molecule is CC1C/C(=N\OC(=O)c2cccc(F)c2)c2ccc(OC(=O)c3cccc(F)c3)cc2C1. The van der Waals surface area contributed by atoms with Crippen LogP contribution in [0.3, 0.4) is 0 Å². The van der Waals surface area contributed by atoms with Gasteiger partial charge < -0.3 is 9.57 Å². The Morgan fingerprint density at radius 2 is 1.53 bits per heavy atom. The maximum atomic E-state index is 13.4. The molecule has 3 aromatic rings. The average Bonchev–Trinajstić information content (AvgIpc) is 2.77. The first kappa shape index (κ1) is 21.4. The Labute approximate surface area is 183 Å². The fourth-order valence-electron chi connectivity index (χ4n) is 3.60. The van der Waals surface area contributed by atoms with E-state index in [1.165, 1.54) is 36.4 Å². The van der Waals surface area contributed by atoms with E-state index < -0.39 is 23.6 Å². The number of fused-ring (bicyclic) bond motifs is 1. The summed E-state index contributed by atoms with van der Waals surface area (Å²) in [4.78, 5) is 29.5. The van der Waals surface area contributed by atoms with Crippen LogP contribution >= 0.6 is 0 Å². The molecular weight excluding hydrogens is 416 g/mol. The molecule has 1 aliphatic carbocycles. The Hall–Kier alpha value is -3.87. The zero-order valence-corrected chi connectivity index (χ0v) is 17.2. The number of ether oxygens (including phenoxy) is 1. The lowest BCUT2D eigenvalue weighted by Gasteiger charge is -2.23. The van der Waals surface area contributed by atoms with Gasteiger partial charge in [0.25, 0.3) is 0 Å². The van der Waals surface area contributed by atoms with Crippen LogP contribution in [0.25, 0.3) is 0 Å². The van der Waals surface area contributed by atoms with Crippen molar-refractivity contribution in [3.8, 4) is 5.75 Å². The Morgan fingerprint density at radius 3 is 2.19 bits per heavy atom. The zero-order chi connectivity index (χ0) is 22.7. The zero-order valence-electron chi connectivity index (χ0n) is 17.2. The van der Waals surface area contributed by atoms with Crippen molar-refractivity contribution in [3.05, 3.63) is 101 Å². The molecule has 1 aliphatic rings. The summed E-state index contributed by atoms with van der Waals surface area (Å²) in [6.45, 7) is 2.03. The maximum absolute atomic E-state index is 13.4. The smallest absolute Gasteiger partial charge is 0.365 e. The van der Waals surface area contributed by atoms with Crippen LogP contribution < -0.4 is 4.74 Å². The second kappa shape index (κ2) is 9.09. The summed E-state index contributed by atoms with van der Waals surface area (Å²) in [5.41, 5.74) is 2.42. The quantitative estimate of drug-likeness (QED) is 0.241. The number of nitrogens with zero attached hydrogens (tertiary/aromatic N) is 1. The van der Waals surface area contributed by atoms with E-state index in [-0.39, 0.29) is 17.0 Å². The van der Waals surface area contributed by atoms with Gasteiger partial charge in [0.2, 0.25) is 0 Å². The molecule has 7 heteroatoms. The van der Waals surface area contributed by atoms with Crippen molar-refractivity contribution in [1.29, 1.82) is 0 Å². The van der Waals surface area contributed by atoms with E-state index in [9.17, 15) is 18.4 Å². The van der Waals surface area contributed by atoms with Crippen LogP contribution in [0.5, 0.6) is 5.75 Å². The molecule has 5 nitrogen and oxygen atoms in total. The second-order valence-electron chi connectivity index (χ2n) is 7.66. The van der Waals surface area contributed by atoms with Crippen LogP contribution in [0.4, 0.5) is 8.78 Å². The van der Waals surface area contributed by atoms with Gasteiger partial charge in [-0.25, -0.2) is 18.4 Å². The minimum absolute atomic E-state index is 0.0676.